The third-order valence-electron chi connectivity index (χ3n) is 2.92. The van der Waals surface area contributed by atoms with Crippen LogP contribution in [-0.4, -0.2) is 20.3 Å². The first-order valence-corrected chi connectivity index (χ1v) is 4.74. The van der Waals surface area contributed by atoms with Crippen LogP contribution in [0.5, 0.6) is 0 Å². The highest BCUT2D eigenvalue weighted by molar-refractivity contribution is 5.02. The Morgan fingerprint density at radius 1 is 1.46 bits per heavy atom. The second-order valence-corrected chi connectivity index (χ2v) is 4.08. The number of nitrogens with two attached hydrogens (primary N) is 1. The molecular formula is C9H16N4. The molecule has 1 aliphatic rings. The number of aryl methyl sites for hydroxylation is 2. The van der Waals surface area contributed by atoms with E-state index in [0.29, 0.717) is 0 Å². The summed E-state index contributed by atoms with van der Waals surface area (Å²) in [7, 11) is 2.00. The minimum Gasteiger partial charge on any atom is -0.325 e. The van der Waals surface area contributed by atoms with E-state index < -0.39 is 0 Å². The van der Waals surface area contributed by atoms with Crippen LogP contribution in [0.2, 0.25) is 0 Å². The molecule has 2 N–H and O–H groups in total. The van der Waals surface area contributed by atoms with Crippen molar-refractivity contribution in [3.05, 3.63) is 11.6 Å². The Bertz CT molecular complexity index is 311. The fourth-order valence-electron chi connectivity index (χ4n) is 1.44. The summed E-state index contributed by atoms with van der Waals surface area (Å²) >= 11 is 0. The standard InChI is InChI=1S/C9H16N4/c1-7-11-12-8(13(7)2)3-4-9(10)5-6-9/h3-6,10H2,1-2H3. The first-order valence-electron chi connectivity index (χ1n) is 4.74. The zero-order valence-corrected chi connectivity index (χ0v) is 8.25. The number of hydrogen-bond acceptors (Lipinski definition) is 3. The highest BCUT2D eigenvalue weighted by Crippen LogP contribution is 2.36. The van der Waals surface area contributed by atoms with Gasteiger partial charge in [0.1, 0.15) is 11.6 Å². The van der Waals surface area contributed by atoms with E-state index in [4.69, 9.17) is 5.73 Å². The van der Waals surface area contributed by atoms with Crippen molar-refractivity contribution < 1.29 is 0 Å². The molecule has 1 heterocycles. The molecule has 13 heavy (non-hydrogen) atoms. The van der Waals surface area contributed by atoms with E-state index >= 15 is 0 Å². The van der Waals surface area contributed by atoms with Crippen LogP contribution in [0.1, 0.15) is 30.9 Å². The van der Waals surface area contributed by atoms with Crippen molar-refractivity contribution >= 4 is 0 Å². The van der Waals surface area contributed by atoms with Crippen molar-refractivity contribution in [2.45, 2.75) is 38.1 Å². The van der Waals surface area contributed by atoms with Gasteiger partial charge in [0.05, 0.1) is 0 Å². The van der Waals surface area contributed by atoms with Crippen molar-refractivity contribution in [1.29, 1.82) is 0 Å². The van der Waals surface area contributed by atoms with Crippen LogP contribution in [0, 0.1) is 6.92 Å². The smallest absolute Gasteiger partial charge is 0.132 e. The third-order valence-corrected chi connectivity index (χ3v) is 2.92. The molecule has 0 aromatic carbocycles. The summed E-state index contributed by atoms with van der Waals surface area (Å²) in [5, 5.41) is 8.11. The van der Waals surface area contributed by atoms with Gasteiger partial charge in [-0.2, -0.15) is 0 Å². The Kier molecular flexibility index (Phi) is 1.87. The second-order valence-electron chi connectivity index (χ2n) is 4.08. The molecule has 0 saturated heterocycles. The van der Waals surface area contributed by atoms with Crippen LogP contribution < -0.4 is 5.73 Å². The van der Waals surface area contributed by atoms with Crippen molar-refractivity contribution in [3.8, 4) is 0 Å². The molecule has 1 saturated carbocycles. The summed E-state index contributed by atoms with van der Waals surface area (Å²) < 4.78 is 2.03. The quantitative estimate of drug-likeness (QED) is 0.739. The largest absolute Gasteiger partial charge is 0.325 e. The predicted molar refractivity (Wildman–Crippen MR) is 50.2 cm³/mol. The van der Waals surface area contributed by atoms with Gasteiger partial charge in [0, 0.05) is 19.0 Å². The highest BCUT2D eigenvalue weighted by Gasteiger charge is 2.37. The average molecular weight is 180 g/mol. The number of rotatable bonds is 3. The second kappa shape index (κ2) is 2.80. The van der Waals surface area contributed by atoms with Crippen LogP contribution in [0.25, 0.3) is 0 Å². The van der Waals surface area contributed by atoms with Crippen LogP contribution in [0.15, 0.2) is 0 Å². The van der Waals surface area contributed by atoms with Crippen LogP contribution in [0.4, 0.5) is 0 Å². The summed E-state index contributed by atoms with van der Waals surface area (Å²) in [5.41, 5.74) is 6.12. The zero-order valence-electron chi connectivity index (χ0n) is 8.25. The maximum atomic E-state index is 5.99. The number of nitrogens with zero attached hydrogens (tertiary/aromatic N) is 3. The molecule has 4 heteroatoms. The van der Waals surface area contributed by atoms with E-state index in [2.05, 4.69) is 10.2 Å². The number of hydrogen-bond donors (Lipinski definition) is 1. The highest BCUT2D eigenvalue weighted by atomic mass is 15.3. The van der Waals surface area contributed by atoms with E-state index in [-0.39, 0.29) is 5.54 Å². The maximum absolute atomic E-state index is 5.99. The van der Waals surface area contributed by atoms with Gasteiger partial charge in [-0.15, -0.1) is 10.2 Å². The summed E-state index contributed by atoms with van der Waals surface area (Å²) in [5.74, 6) is 2.02. The molecule has 1 aromatic heterocycles. The van der Waals surface area contributed by atoms with Gasteiger partial charge in [-0.3, -0.25) is 0 Å². The van der Waals surface area contributed by atoms with Crippen LogP contribution in [0.3, 0.4) is 0 Å². The molecule has 1 fully saturated rings. The molecule has 0 spiro atoms. The van der Waals surface area contributed by atoms with Gasteiger partial charge in [-0.1, -0.05) is 0 Å². The van der Waals surface area contributed by atoms with Crippen LogP contribution >= 0.6 is 0 Å². The Morgan fingerprint density at radius 2 is 2.15 bits per heavy atom. The Balaban J connectivity index is 1.97. The zero-order chi connectivity index (χ0) is 9.47. The molecule has 0 amide bonds. The van der Waals surface area contributed by atoms with Gasteiger partial charge in [-0.25, -0.2) is 0 Å². The molecule has 0 atom stereocenters. The molecule has 0 aliphatic heterocycles. The van der Waals surface area contributed by atoms with Crippen LogP contribution in [-0.2, 0) is 13.5 Å². The lowest BCUT2D eigenvalue weighted by Crippen LogP contribution is -2.22. The molecule has 2 rings (SSSR count). The van der Waals surface area contributed by atoms with E-state index in [1.807, 2.05) is 18.5 Å². The molecule has 0 bridgehead atoms. The molecule has 0 unspecified atom stereocenters. The first kappa shape index (κ1) is 8.69. The van der Waals surface area contributed by atoms with Crippen molar-refractivity contribution in [1.82, 2.24) is 14.8 Å². The van der Waals surface area contributed by atoms with E-state index in [9.17, 15) is 0 Å². The third kappa shape index (κ3) is 1.72. The molecule has 72 valence electrons. The molecule has 0 radical (unpaired) electrons. The summed E-state index contributed by atoms with van der Waals surface area (Å²) in [6.45, 7) is 1.96. The summed E-state index contributed by atoms with van der Waals surface area (Å²) in [6.07, 6.45) is 4.33. The topological polar surface area (TPSA) is 56.7 Å². The fraction of sp³-hybridized carbons (Fsp3) is 0.778. The maximum Gasteiger partial charge on any atom is 0.132 e. The van der Waals surface area contributed by atoms with E-state index in [0.717, 1.165) is 24.5 Å². The monoisotopic (exact) mass is 180 g/mol. The SMILES string of the molecule is Cc1nnc(CCC2(N)CC2)n1C. The molecule has 1 aliphatic carbocycles. The Hall–Kier alpha value is -0.900. The lowest BCUT2D eigenvalue weighted by atomic mass is 10.1. The predicted octanol–water partition coefficient (Wildman–Crippen LogP) is 0.547. The molecular weight excluding hydrogens is 164 g/mol. The van der Waals surface area contributed by atoms with Gasteiger partial charge in [0.25, 0.3) is 0 Å². The van der Waals surface area contributed by atoms with Gasteiger partial charge in [0.15, 0.2) is 0 Å². The lowest BCUT2D eigenvalue weighted by Gasteiger charge is -2.07. The molecule has 1 aromatic rings. The number of aromatic nitrogens is 3. The van der Waals surface area contributed by atoms with E-state index in [1.165, 1.54) is 12.8 Å². The molecule has 4 nitrogen and oxygen atoms in total. The van der Waals surface area contributed by atoms with Gasteiger partial charge >= 0.3 is 0 Å². The minimum absolute atomic E-state index is 0.125. The van der Waals surface area contributed by atoms with Gasteiger partial charge in [-0.05, 0) is 26.2 Å². The van der Waals surface area contributed by atoms with Gasteiger partial charge in [0.2, 0.25) is 0 Å². The van der Waals surface area contributed by atoms with E-state index in [1.54, 1.807) is 0 Å². The van der Waals surface area contributed by atoms with Gasteiger partial charge < -0.3 is 10.3 Å². The van der Waals surface area contributed by atoms with Crippen molar-refractivity contribution in [2.24, 2.45) is 12.8 Å². The Morgan fingerprint density at radius 3 is 2.62 bits per heavy atom. The van der Waals surface area contributed by atoms with Crippen molar-refractivity contribution in [2.75, 3.05) is 0 Å². The average Bonchev–Trinajstić information content (AvgIpc) is 2.75. The Labute approximate surface area is 78.1 Å². The normalized spacial score (nSPS) is 19.0. The lowest BCUT2D eigenvalue weighted by molar-refractivity contribution is 0.584. The fourth-order valence-corrected chi connectivity index (χ4v) is 1.44. The first-order chi connectivity index (χ1) is 6.11. The minimum atomic E-state index is 0.125. The summed E-state index contributed by atoms with van der Waals surface area (Å²) in [4.78, 5) is 0. The summed E-state index contributed by atoms with van der Waals surface area (Å²) in [6, 6.07) is 0. The van der Waals surface area contributed by atoms with Crippen molar-refractivity contribution in [3.63, 3.8) is 0 Å².